The van der Waals surface area contributed by atoms with Gasteiger partial charge in [0.15, 0.2) is 0 Å². The second-order valence-corrected chi connectivity index (χ2v) is 14.0. The quantitative estimate of drug-likeness (QED) is 0.187. The number of halogens is 1. The molecule has 0 atom stereocenters. The van der Waals surface area contributed by atoms with Gasteiger partial charge < -0.3 is 10.6 Å². The molecular formula is C24H49ClN2O2S2. The average Bonchev–Trinajstić information content (AvgIpc) is 2.76. The second kappa shape index (κ2) is 18.9. The first-order chi connectivity index (χ1) is 14.7. The van der Waals surface area contributed by atoms with Crippen LogP contribution in [0.25, 0.3) is 0 Å². The van der Waals surface area contributed by atoms with E-state index in [1.54, 1.807) is 0 Å². The second-order valence-electron chi connectivity index (χ2n) is 9.58. The summed E-state index contributed by atoms with van der Waals surface area (Å²) in [5, 5.41) is 6.73. The molecule has 0 aromatic carbocycles. The molecule has 0 saturated heterocycles. The summed E-state index contributed by atoms with van der Waals surface area (Å²) in [7, 11) is -1.87. The summed E-state index contributed by atoms with van der Waals surface area (Å²) in [4.78, 5) is 0. The van der Waals surface area contributed by atoms with E-state index >= 15 is 0 Å². The van der Waals surface area contributed by atoms with Gasteiger partial charge in [-0.3, -0.25) is 0 Å². The van der Waals surface area contributed by atoms with Gasteiger partial charge >= 0.3 is 0 Å². The van der Waals surface area contributed by atoms with Crippen molar-refractivity contribution in [2.45, 2.75) is 103 Å². The first kappa shape index (κ1) is 29.5. The maximum atomic E-state index is 12.1. The Labute approximate surface area is 203 Å². The van der Waals surface area contributed by atoms with Crippen LogP contribution in [0.15, 0.2) is 0 Å². The third-order valence-electron chi connectivity index (χ3n) is 6.95. The van der Waals surface area contributed by atoms with E-state index in [0.717, 1.165) is 42.3 Å². The van der Waals surface area contributed by atoms with Crippen LogP contribution in [0.3, 0.4) is 0 Å². The van der Waals surface area contributed by atoms with E-state index in [1.165, 1.54) is 103 Å². The van der Waals surface area contributed by atoms with E-state index in [1.807, 2.05) is 0 Å². The Morgan fingerprint density at radius 2 is 1.13 bits per heavy atom. The van der Waals surface area contributed by atoms with Crippen LogP contribution in [-0.2, 0) is 8.87 Å². The largest absolute Gasteiger partial charge is 0.316 e. The van der Waals surface area contributed by atoms with Crippen LogP contribution in [0.2, 0.25) is 0 Å². The number of unbranched alkanes of at least 4 members (excludes halogenated alkanes) is 2. The normalized spacial score (nSPS) is 18.7. The molecule has 0 unspecified atom stereocenters. The molecule has 2 N–H and O–H groups in total. The van der Waals surface area contributed by atoms with Crippen molar-refractivity contribution in [3.63, 3.8) is 0 Å². The van der Waals surface area contributed by atoms with Crippen LogP contribution in [0.5, 0.6) is 0 Å². The molecule has 2 rings (SSSR count). The fraction of sp³-hybridized carbons (Fsp3) is 1.00. The smallest absolute Gasteiger partial charge is 0.202 e. The molecule has 2 aliphatic carbocycles. The van der Waals surface area contributed by atoms with Gasteiger partial charge in [-0.05, 0) is 48.6 Å². The molecule has 2 fully saturated rings. The molecular weight excluding hydrogens is 448 g/mol. The lowest BCUT2D eigenvalue weighted by Gasteiger charge is -2.21. The van der Waals surface area contributed by atoms with Crippen LogP contribution < -0.4 is 10.6 Å². The van der Waals surface area contributed by atoms with Crippen LogP contribution >= 0.6 is 23.2 Å². The molecule has 0 amide bonds. The minimum atomic E-state index is -2.99. The maximum Gasteiger partial charge on any atom is 0.202 e. The van der Waals surface area contributed by atoms with E-state index in [4.69, 9.17) is 0 Å². The summed E-state index contributed by atoms with van der Waals surface area (Å²) >= 11 is 0. The van der Waals surface area contributed by atoms with Crippen molar-refractivity contribution in [3.05, 3.63) is 0 Å². The van der Waals surface area contributed by atoms with Gasteiger partial charge in [0.25, 0.3) is 0 Å². The van der Waals surface area contributed by atoms with Gasteiger partial charge in [-0.1, -0.05) is 89.9 Å². The zero-order valence-corrected chi connectivity index (χ0v) is 22.2. The van der Waals surface area contributed by atoms with Crippen LogP contribution in [0.4, 0.5) is 0 Å². The molecule has 0 aromatic rings. The maximum absolute atomic E-state index is 12.1. The topological polar surface area (TPSA) is 58.2 Å². The molecule has 0 spiro atoms. The lowest BCUT2D eigenvalue weighted by Crippen LogP contribution is -2.24. The van der Waals surface area contributed by atoms with Crippen molar-refractivity contribution in [2.75, 3.05) is 37.7 Å². The zero-order chi connectivity index (χ0) is 21.3. The highest BCUT2D eigenvalue weighted by molar-refractivity contribution is 8.72. The van der Waals surface area contributed by atoms with Gasteiger partial charge in [0.1, 0.15) is 0 Å². The average molecular weight is 497 g/mol. The van der Waals surface area contributed by atoms with E-state index in [0.29, 0.717) is 12.3 Å². The van der Waals surface area contributed by atoms with Gasteiger partial charge in [-0.25, -0.2) is 8.42 Å². The van der Waals surface area contributed by atoms with Gasteiger partial charge in [-0.2, -0.15) is 0 Å². The molecule has 0 radical (unpaired) electrons. The predicted molar refractivity (Wildman–Crippen MR) is 140 cm³/mol. The lowest BCUT2D eigenvalue weighted by atomic mass is 9.86. The number of rotatable bonds is 17. The third-order valence-corrected chi connectivity index (χ3v) is 10.5. The van der Waals surface area contributed by atoms with Crippen LogP contribution in [0, 0.1) is 11.8 Å². The number of hydrogen-bond donors (Lipinski definition) is 2. The van der Waals surface area contributed by atoms with Crippen molar-refractivity contribution in [3.8, 4) is 0 Å². The SMILES string of the molecule is Cl.O=S(=O)(CCNCCCCC1CCCCC1)SCCNCCCCC1CCCCC1. The van der Waals surface area contributed by atoms with Crippen molar-refractivity contribution in [1.29, 1.82) is 0 Å². The Morgan fingerprint density at radius 1 is 0.645 bits per heavy atom. The monoisotopic (exact) mass is 496 g/mol. The Balaban J connectivity index is 0.00000480. The molecule has 7 heteroatoms. The van der Waals surface area contributed by atoms with Crippen molar-refractivity contribution >= 4 is 32.1 Å². The van der Waals surface area contributed by atoms with E-state index in [9.17, 15) is 8.42 Å². The fourth-order valence-corrected chi connectivity index (χ4v) is 7.67. The highest BCUT2D eigenvalue weighted by Gasteiger charge is 2.14. The molecule has 186 valence electrons. The van der Waals surface area contributed by atoms with Crippen LogP contribution in [0.1, 0.15) is 103 Å². The Bertz CT molecular complexity index is 508. The van der Waals surface area contributed by atoms with Gasteiger partial charge in [0.05, 0.1) is 5.75 Å². The Morgan fingerprint density at radius 3 is 1.65 bits per heavy atom. The van der Waals surface area contributed by atoms with E-state index in [2.05, 4.69) is 10.6 Å². The predicted octanol–water partition coefficient (Wildman–Crippen LogP) is 6.15. The summed E-state index contributed by atoms with van der Waals surface area (Å²) < 4.78 is 24.3. The molecule has 2 aliphatic rings. The first-order valence-electron chi connectivity index (χ1n) is 12.9. The van der Waals surface area contributed by atoms with Gasteiger partial charge in [-0.15, -0.1) is 12.4 Å². The van der Waals surface area contributed by atoms with Crippen LogP contribution in [-0.4, -0.2) is 46.1 Å². The summed E-state index contributed by atoms with van der Waals surface area (Å²) in [6.07, 6.45) is 22.1. The standard InChI is InChI=1S/C24H48N2O2S2.ClH/c27-30(28,22-20-26-18-10-8-16-24-13-5-2-6-14-24)29-21-19-25-17-9-7-15-23-11-3-1-4-12-23;/h23-26H,1-22H2;1H. The molecule has 2 saturated carbocycles. The first-order valence-corrected chi connectivity index (χ1v) is 16.1. The fourth-order valence-electron chi connectivity index (χ4n) is 5.06. The minimum absolute atomic E-state index is 0. The summed E-state index contributed by atoms with van der Waals surface area (Å²) in [6, 6.07) is 0. The molecule has 0 aromatic heterocycles. The molecule has 31 heavy (non-hydrogen) atoms. The molecule has 0 bridgehead atoms. The van der Waals surface area contributed by atoms with E-state index < -0.39 is 8.87 Å². The number of hydrogen-bond acceptors (Lipinski definition) is 5. The summed E-state index contributed by atoms with van der Waals surface area (Å²) in [5.74, 6) is 2.85. The molecule has 0 heterocycles. The highest BCUT2D eigenvalue weighted by Crippen LogP contribution is 2.28. The summed E-state index contributed by atoms with van der Waals surface area (Å²) in [5.41, 5.74) is 0. The van der Waals surface area contributed by atoms with Crippen molar-refractivity contribution in [1.82, 2.24) is 10.6 Å². The summed E-state index contributed by atoms with van der Waals surface area (Å²) in [6.45, 7) is 3.36. The number of nitrogens with one attached hydrogen (secondary N) is 2. The highest BCUT2D eigenvalue weighted by atomic mass is 35.5. The molecule has 4 nitrogen and oxygen atoms in total. The lowest BCUT2D eigenvalue weighted by molar-refractivity contribution is 0.329. The van der Waals surface area contributed by atoms with Gasteiger partial charge in [0, 0.05) is 18.8 Å². The van der Waals surface area contributed by atoms with Crippen molar-refractivity contribution in [2.24, 2.45) is 11.8 Å². The van der Waals surface area contributed by atoms with E-state index in [-0.39, 0.29) is 18.2 Å². The Kier molecular flexibility index (Phi) is 18.0. The van der Waals surface area contributed by atoms with Gasteiger partial charge in [0.2, 0.25) is 8.87 Å². The third kappa shape index (κ3) is 15.9. The van der Waals surface area contributed by atoms with Crippen molar-refractivity contribution < 1.29 is 8.42 Å². The zero-order valence-electron chi connectivity index (χ0n) is 19.8. The Hall–Kier alpha value is 0.510. The minimum Gasteiger partial charge on any atom is -0.316 e. The molecule has 0 aliphatic heterocycles.